The maximum absolute atomic E-state index is 11.0. The van der Waals surface area contributed by atoms with Crippen molar-refractivity contribution in [2.75, 3.05) is 26.2 Å². The number of morpholine rings is 1. The summed E-state index contributed by atoms with van der Waals surface area (Å²) in [6.45, 7) is 2.95. The third-order valence-corrected chi connectivity index (χ3v) is 3.35. The smallest absolute Gasteiger partial charge is 0.273 e. The average molecular weight is 322 g/mol. The Labute approximate surface area is 128 Å². The molecule has 1 aromatic rings. The first-order valence-corrected chi connectivity index (χ1v) is 6.45. The zero-order chi connectivity index (χ0) is 13.8. The van der Waals surface area contributed by atoms with Crippen LogP contribution >= 0.6 is 24.0 Å². The molecule has 8 heteroatoms. The molecule has 20 heavy (non-hydrogen) atoms. The number of nitro groups is 1. The second-order valence-corrected chi connectivity index (χ2v) is 4.93. The number of benzene rings is 1. The van der Waals surface area contributed by atoms with Crippen LogP contribution in [0, 0.1) is 10.1 Å². The summed E-state index contributed by atoms with van der Waals surface area (Å²) >= 11 is 5.91. The van der Waals surface area contributed by atoms with Crippen molar-refractivity contribution >= 4 is 29.7 Å². The lowest BCUT2D eigenvalue weighted by Gasteiger charge is -2.32. The van der Waals surface area contributed by atoms with Gasteiger partial charge in [0.15, 0.2) is 0 Å². The molecule has 0 bridgehead atoms. The molecule has 0 saturated carbocycles. The van der Waals surface area contributed by atoms with Gasteiger partial charge in [-0.2, -0.15) is 0 Å². The fraction of sp³-hybridized carbons (Fsp3) is 0.500. The van der Waals surface area contributed by atoms with Gasteiger partial charge in [-0.15, -0.1) is 12.4 Å². The zero-order valence-electron chi connectivity index (χ0n) is 10.8. The minimum Gasteiger partial charge on any atom is -0.374 e. The van der Waals surface area contributed by atoms with Crippen LogP contribution in [0.2, 0.25) is 5.02 Å². The summed E-state index contributed by atoms with van der Waals surface area (Å²) in [7, 11) is 0. The Morgan fingerprint density at radius 2 is 2.30 bits per heavy atom. The highest BCUT2D eigenvalue weighted by atomic mass is 35.5. The molecule has 2 rings (SSSR count). The van der Waals surface area contributed by atoms with E-state index in [9.17, 15) is 10.1 Å². The van der Waals surface area contributed by atoms with Gasteiger partial charge in [-0.3, -0.25) is 15.0 Å². The van der Waals surface area contributed by atoms with Crippen molar-refractivity contribution in [1.82, 2.24) is 4.90 Å². The number of hydrogen-bond acceptors (Lipinski definition) is 5. The normalized spacial score (nSPS) is 19.4. The molecule has 0 aromatic heterocycles. The van der Waals surface area contributed by atoms with E-state index >= 15 is 0 Å². The van der Waals surface area contributed by atoms with Crippen molar-refractivity contribution in [1.29, 1.82) is 0 Å². The first-order chi connectivity index (χ1) is 9.10. The molecule has 1 aliphatic heterocycles. The van der Waals surface area contributed by atoms with Crippen LogP contribution in [0.15, 0.2) is 18.2 Å². The number of ether oxygens (including phenoxy) is 1. The molecule has 1 fully saturated rings. The first kappa shape index (κ1) is 17.1. The molecule has 1 heterocycles. The molecule has 2 N–H and O–H groups in total. The number of halogens is 2. The van der Waals surface area contributed by atoms with E-state index < -0.39 is 0 Å². The van der Waals surface area contributed by atoms with Crippen molar-refractivity contribution in [3.63, 3.8) is 0 Å². The van der Waals surface area contributed by atoms with Crippen molar-refractivity contribution in [2.45, 2.75) is 12.6 Å². The van der Waals surface area contributed by atoms with Gasteiger partial charge < -0.3 is 10.5 Å². The van der Waals surface area contributed by atoms with E-state index in [1.54, 1.807) is 6.07 Å². The van der Waals surface area contributed by atoms with Gasteiger partial charge in [-0.05, 0) is 12.1 Å². The van der Waals surface area contributed by atoms with E-state index in [2.05, 4.69) is 4.90 Å². The standard InChI is InChI=1S/C12H16ClN3O3.ClH/c13-10-1-2-12(16(17)18)9(5-10)7-15-3-4-19-11(6-14)8-15;/h1-2,5,11H,3-4,6-8,14H2;1H. The van der Waals surface area contributed by atoms with Crippen LogP contribution in [0.4, 0.5) is 5.69 Å². The topological polar surface area (TPSA) is 81.6 Å². The Hall–Kier alpha value is -0.920. The predicted molar refractivity (Wildman–Crippen MR) is 79.4 cm³/mol. The maximum atomic E-state index is 11.0. The minimum absolute atomic E-state index is 0. The van der Waals surface area contributed by atoms with Gasteiger partial charge in [0.1, 0.15) is 0 Å². The van der Waals surface area contributed by atoms with Crippen molar-refractivity contribution in [3.05, 3.63) is 38.9 Å². The van der Waals surface area contributed by atoms with Gasteiger partial charge in [-0.25, -0.2) is 0 Å². The second-order valence-electron chi connectivity index (χ2n) is 4.49. The molecule has 1 atom stereocenters. The van der Waals surface area contributed by atoms with E-state index in [1.807, 2.05) is 0 Å². The van der Waals surface area contributed by atoms with Crippen molar-refractivity contribution in [3.8, 4) is 0 Å². The third kappa shape index (κ3) is 4.29. The second kappa shape index (κ2) is 7.75. The number of rotatable bonds is 4. The van der Waals surface area contributed by atoms with Gasteiger partial charge in [0, 0.05) is 42.8 Å². The maximum Gasteiger partial charge on any atom is 0.273 e. The van der Waals surface area contributed by atoms with E-state index in [0.717, 1.165) is 6.54 Å². The van der Waals surface area contributed by atoms with E-state index in [1.165, 1.54) is 12.1 Å². The lowest BCUT2D eigenvalue weighted by molar-refractivity contribution is -0.385. The molecule has 0 radical (unpaired) electrons. The molecule has 1 aliphatic rings. The number of nitrogens with zero attached hydrogens (tertiary/aromatic N) is 2. The Kier molecular flexibility index (Phi) is 6.64. The summed E-state index contributed by atoms with van der Waals surface area (Å²) in [5.74, 6) is 0. The molecule has 0 aliphatic carbocycles. The van der Waals surface area contributed by atoms with Gasteiger partial charge in [0.25, 0.3) is 5.69 Å². The first-order valence-electron chi connectivity index (χ1n) is 6.07. The summed E-state index contributed by atoms with van der Waals surface area (Å²) in [6.07, 6.45) is -0.00742. The summed E-state index contributed by atoms with van der Waals surface area (Å²) in [5.41, 5.74) is 6.30. The number of hydrogen-bond donors (Lipinski definition) is 1. The average Bonchev–Trinajstić information content (AvgIpc) is 2.38. The van der Waals surface area contributed by atoms with Crippen LogP contribution in [-0.2, 0) is 11.3 Å². The van der Waals surface area contributed by atoms with Crippen LogP contribution in [0.5, 0.6) is 0 Å². The van der Waals surface area contributed by atoms with Gasteiger partial charge in [0.2, 0.25) is 0 Å². The fourth-order valence-corrected chi connectivity index (χ4v) is 2.36. The highest BCUT2D eigenvalue weighted by Gasteiger charge is 2.22. The zero-order valence-corrected chi connectivity index (χ0v) is 12.4. The van der Waals surface area contributed by atoms with Gasteiger partial charge >= 0.3 is 0 Å². The summed E-state index contributed by atoms with van der Waals surface area (Å²) in [4.78, 5) is 12.7. The number of nitrogens with two attached hydrogens (primary N) is 1. The fourth-order valence-electron chi connectivity index (χ4n) is 2.17. The Bertz CT molecular complexity index is 473. The molecule has 112 valence electrons. The molecule has 0 amide bonds. The SMILES string of the molecule is Cl.NCC1CN(Cc2cc(Cl)ccc2[N+](=O)[O-])CCO1. The lowest BCUT2D eigenvalue weighted by Crippen LogP contribution is -2.45. The van der Waals surface area contributed by atoms with Crippen LogP contribution in [0.3, 0.4) is 0 Å². The molecule has 0 spiro atoms. The predicted octanol–water partition coefficient (Wildman–Crippen LogP) is 1.83. The minimum atomic E-state index is -0.382. The number of nitro benzene ring substituents is 1. The Morgan fingerprint density at radius 1 is 1.55 bits per heavy atom. The van der Waals surface area contributed by atoms with Gasteiger partial charge in [-0.1, -0.05) is 11.6 Å². The summed E-state index contributed by atoms with van der Waals surface area (Å²) < 4.78 is 5.47. The summed E-state index contributed by atoms with van der Waals surface area (Å²) in [5, 5.41) is 11.5. The van der Waals surface area contributed by atoms with E-state index in [4.69, 9.17) is 22.1 Å². The molecule has 1 unspecified atom stereocenters. The van der Waals surface area contributed by atoms with Crippen LogP contribution in [0.1, 0.15) is 5.56 Å². The Balaban J connectivity index is 0.00000200. The largest absolute Gasteiger partial charge is 0.374 e. The Morgan fingerprint density at radius 3 is 2.95 bits per heavy atom. The lowest BCUT2D eigenvalue weighted by atomic mass is 10.1. The van der Waals surface area contributed by atoms with Crippen LogP contribution in [-0.4, -0.2) is 42.2 Å². The monoisotopic (exact) mass is 321 g/mol. The van der Waals surface area contributed by atoms with Crippen LogP contribution in [0.25, 0.3) is 0 Å². The molecular weight excluding hydrogens is 305 g/mol. The summed E-state index contributed by atoms with van der Waals surface area (Å²) in [6, 6.07) is 4.62. The molecule has 1 saturated heterocycles. The van der Waals surface area contributed by atoms with E-state index in [0.29, 0.717) is 36.8 Å². The van der Waals surface area contributed by atoms with Gasteiger partial charge in [0.05, 0.1) is 17.6 Å². The molecular formula is C12H17Cl2N3O3. The van der Waals surface area contributed by atoms with Crippen molar-refractivity contribution in [2.24, 2.45) is 5.73 Å². The van der Waals surface area contributed by atoms with E-state index in [-0.39, 0.29) is 29.1 Å². The molecule has 6 nitrogen and oxygen atoms in total. The van der Waals surface area contributed by atoms with Crippen LogP contribution < -0.4 is 5.73 Å². The molecule has 1 aromatic carbocycles. The quantitative estimate of drug-likeness (QED) is 0.675. The highest BCUT2D eigenvalue weighted by Crippen LogP contribution is 2.24. The highest BCUT2D eigenvalue weighted by molar-refractivity contribution is 6.30. The van der Waals surface area contributed by atoms with Crippen molar-refractivity contribution < 1.29 is 9.66 Å². The third-order valence-electron chi connectivity index (χ3n) is 3.12.